The van der Waals surface area contributed by atoms with Crippen molar-refractivity contribution in [3.05, 3.63) is 71.9 Å². The van der Waals surface area contributed by atoms with E-state index in [0.717, 1.165) is 11.3 Å². The SMILES string of the molecule is CC1=C(c2ccccc2)O[P@](c2ccccc2)N1C. The van der Waals surface area contributed by atoms with Crippen molar-refractivity contribution in [1.82, 2.24) is 4.67 Å². The van der Waals surface area contributed by atoms with Crippen LogP contribution in [-0.2, 0) is 4.52 Å². The molecule has 3 heteroatoms. The smallest absolute Gasteiger partial charge is 0.225 e. The molecule has 19 heavy (non-hydrogen) atoms. The zero-order chi connectivity index (χ0) is 13.2. The Labute approximate surface area is 115 Å². The number of nitrogens with zero attached hydrogens (tertiary/aromatic N) is 1. The van der Waals surface area contributed by atoms with E-state index in [2.05, 4.69) is 55.0 Å². The molecule has 0 aromatic heterocycles. The zero-order valence-electron chi connectivity index (χ0n) is 11.1. The number of benzene rings is 2. The summed E-state index contributed by atoms with van der Waals surface area (Å²) in [5.74, 6) is 0.998. The Hall–Kier alpha value is -1.79. The third-order valence-corrected chi connectivity index (χ3v) is 5.22. The Kier molecular flexibility index (Phi) is 3.27. The fraction of sp³-hybridized carbons (Fsp3) is 0.125. The van der Waals surface area contributed by atoms with Crippen LogP contribution in [0.1, 0.15) is 12.5 Å². The van der Waals surface area contributed by atoms with Crippen LogP contribution >= 0.6 is 8.30 Å². The predicted molar refractivity (Wildman–Crippen MR) is 80.9 cm³/mol. The lowest BCUT2D eigenvalue weighted by molar-refractivity contribution is 0.572. The Morgan fingerprint density at radius 1 is 0.895 bits per heavy atom. The van der Waals surface area contributed by atoms with E-state index >= 15 is 0 Å². The second kappa shape index (κ2) is 5.07. The first-order chi connectivity index (χ1) is 9.27. The van der Waals surface area contributed by atoms with Crippen LogP contribution in [0.2, 0.25) is 0 Å². The first-order valence-corrected chi connectivity index (χ1v) is 7.51. The van der Waals surface area contributed by atoms with Crippen molar-refractivity contribution in [3.8, 4) is 0 Å². The molecule has 0 bridgehead atoms. The lowest BCUT2D eigenvalue weighted by Crippen LogP contribution is -2.12. The van der Waals surface area contributed by atoms with Crippen LogP contribution in [0.15, 0.2) is 66.4 Å². The van der Waals surface area contributed by atoms with E-state index in [9.17, 15) is 0 Å². The molecule has 0 radical (unpaired) electrons. The van der Waals surface area contributed by atoms with Gasteiger partial charge in [0.1, 0.15) is 0 Å². The topological polar surface area (TPSA) is 12.5 Å². The average Bonchev–Trinajstić information content (AvgIpc) is 2.77. The van der Waals surface area contributed by atoms with Crippen molar-refractivity contribution < 1.29 is 4.52 Å². The standard InChI is InChI=1S/C16H16NOP/c1-13-16(14-9-5-3-6-10-14)18-19(17(13)2)15-11-7-4-8-12-15/h3-12H,1-2H3/t19-/m1/s1. The van der Waals surface area contributed by atoms with Crippen molar-refractivity contribution in [2.45, 2.75) is 6.92 Å². The van der Waals surface area contributed by atoms with Crippen molar-refractivity contribution in [3.63, 3.8) is 0 Å². The summed E-state index contributed by atoms with van der Waals surface area (Å²) in [6.45, 7) is 2.12. The highest BCUT2D eigenvalue weighted by molar-refractivity contribution is 7.59. The summed E-state index contributed by atoms with van der Waals surface area (Å²) in [5, 5.41) is 1.24. The molecule has 0 spiro atoms. The van der Waals surface area contributed by atoms with Gasteiger partial charge < -0.3 is 9.19 Å². The third-order valence-electron chi connectivity index (χ3n) is 3.28. The van der Waals surface area contributed by atoms with E-state index in [4.69, 9.17) is 4.52 Å². The molecule has 0 fully saturated rings. The average molecular weight is 269 g/mol. The molecule has 1 aliphatic rings. The fourth-order valence-corrected chi connectivity index (χ4v) is 3.90. The van der Waals surface area contributed by atoms with Crippen molar-refractivity contribution in [2.24, 2.45) is 0 Å². The molecule has 1 heterocycles. The van der Waals surface area contributed by atoms with E-state index in [1.165, 1.54) is 11.0 Å². The minimum Gasteiger partial charge on any atom is -0.446 e. The fourth-order valence-electron chi connectivity index (χ4n) is 2.13. The molecule has 96 valence electrons. The summed E-state index contributed by atoms with van der Waals surface area (Å²) in [6, 6.07) is 20.7. The number of rotatable bonds is 2. The molecule has 0 saturated heterocycles. The van der Waals surface area contributed by atoms with Gasteiger partial charge in [-0.2, -0.15) is 0 Å². The minimum atomic E-state index is -0.744. The van der Waals surface area contributed by atoms with Gasteiger partial charge in [0.25, 0.3) is 0 Å². The quantitative estimate of drug-likeness (QED) is 0.765. The molecule has 3 rings (SSSR count). The van der Waals surface area contributed by atoms with E-state index < -0.39 is 8.30 Å². The first kappa shape index (κ1) is 12.3. The maximum Gasteiger partial charge on any atom is 0.225 e. The van der Waals surface area contributed by atoms with Crippen LogP contribution in [0.3, 0.4) is 0 Å². The normalized spacial score (nSPS) is 18.6. The summed E-state index contributed by atoms with van der Waals surface area (Å²) in [7, 11) is 1.36. The lowest BCUT2D eigenvalue weighted by atomic mass is 10.1. The van der Waals surface area contributed by atoms with Crippen LogP contribution < -0.4 is 5.30 Å². The molecule has 2 aromatic carbocycles. The Bertz CT molecular complexity index is 595. The van der Waals surface area contributed by atoms with Crippen LogP contribution in [0.25, 0.3) is 5.76 Å². The molecular formula is C16H16NOP. The Morgan fingerprint density at radius 3 is 2.11 bits per heavy atom. The van der Waals surface area contributed by atoms with Crippen molar-refractivity contribution >= 4 is 19.4 Å². The maximum atomic E-state index is 6.23. The number of allylic oxidation sites excluding steroid dienone is 1. The van der Waals surface area contributed by atoms with E-state index in [-0.39, 0.29) is 0 Å². The van der Waals surface area contributed by atoms with Gasteiger partial charge in [0.15, 0.2) is 5.76 Å². The highest BCUT2D eigenvalue weighted by atomic mass is 31.2. The molecule has 1 atom stereocenters. The summed E-state index contributed by atoms with van der Waals surface area (Å²) in [6.07, 6.45) is 0. The van der Waals surface area contributed by atoms with Crippen LogP contribution in [0.4, 0.5) is 0 Å². The Morgan fingerprint density at radius 2 is 1.47 bits per heavy atom. The molecular weight excluding hydrogens is 253 g/mol. The van der Waals surface area contributed by atoms with Gasteiger partial charge in [-0.1, -0.05) is 48.5 Å². The zero-order valence-corrected chi connectivity index (χ0v) is 12.0. The van der Waals surface area contributed by atoms with Gasteiger partial charge in [-0.3, -0.25) is 0 Å². The molecule has 0 aliphatic carbocycles. The molecule has 2 nitrogen and oxygen atoms in total. The molecule has 2 aromatic rings. The van der Waals surface area contributed by atoms with Gasteiger partial charge in [0, 0.05) is 17.9 Å². The number of hydrogen-bond donors (Lipinski definition) is 0. The minimum absolute atomic E-state index is 0.744. The largest absolute Gasteiger partial charge is 0.446 e. The van der Waals surface area contributed by atoms with Gasteiger partial charge >= 0.3 is 0 Å². The summed E-state index contributed by atoms with van der Waals surface area (Å²) >= 11 is 0. The summed E-state index contributed by atoms with van der Waals surface area (Å²) < 4.78 is 8.47. The van der Waals surface area contributed by atoms with Crippen LogP contribution in [0, 0.1) is 0 Å². The predicted octanol–water partition coefficient (Wildman–Crippen LogP) is 3.97. The number of hydrogen-bond acceptors (Lipinski definition) is 2. The van der Waals surface area contributed by atoms with Gasteiger partial charge in [0.05, 0.1) is 5.70 Å². The lowest BCUT2D eigenvalue weighted by Gasteiger charge is -2.20. The molecule has 0 amide bonds. The molecule has 0 saturated carbocycles. The van der Waals surface area contributed by atoms with E-state index in [0.29, 0.717) is 0 Å². The van der Waals surface area contributed by atoms with Crippen molar-refractivity contribution in [1.29, 1.82) is 0 Å². The third kappa shape index (κ3) is 2.24. The highest BCUT2D eigenvalue weighted by Gasteiger charge is 2.31. The van der Waals surface area contributed by atoms with Gasteiger partial charge in [-0.15, -0.1) is 0 Å². The van der Waals surface area contributed by atoms with Crippen LogP contribution in [-0.4, -0.2) is 11.7 Å². The van der Waals surface area contributed by atoms with E-state index in [1.54, 1.807) is 0 Å². The molecule has 1 aliphatic heterocycles. The van der Waals surface area contributed by atoms with Gasteiger partial charge in [0.2, 0.25) is 8.30 Å². The van der Waals surface area contributed by atoms with Crippen LogP contribution in [0.5, 0.6) is 0 Å². The summed E-state index contributed by atoms with van der Waals surface area (Å²) in [4.78, 5) is 0. The summed E-state index contributed by atoms with van der Waals surface area (Å²) in [5.41, 5.74) is 2.34. The van der Waals surface area contributed by atoms with Gasteiger partial charge in [-0.05, 0) is 19.1 Å². The van der Waals surface area contributed by atoms with Gasteiger partial charge in [-0.25, -0.2) is 0 Å². The molecule has 0 unspecified atom stereocenters. The monoisotopic (exact) mass is 269 g/mol. The maximum absolute atomic E-state index is 6.23. The second-order valence-electron chi connectivity index (χ2n) is 4.50. The highest BCUT2D eigenvalue weighted by Crippen LogP contribution is 2.53. The molecule has 0 N–H and O–H groups in total. The second-order valence-corrected chi connectivity index (χ2v) is 6.35. The Balaban J connectivity index is 1.93. The van der Waals surface area contributed by atoms with E-state index in [1.807, 2.05) is 24.3 Å². The van der Waals surface area contributed by atoms with Crippen molar-refractivity contribution in [2.75, 3.05) is 7.05 Å². The first-order valence-electron chi connectivity index (χ1n) is 6.30.